The minimum atomic E-state index is 0.389. The van der Waals surface area contributed by atoms with Crippen molar-refractivity contribution in [3.63, 3.8) is 0 Å². The number of rotatable bonds is 19. The zero-order valence-electron chi connectivity index (χ0n) is 16.2. The van der Waals surface area contributed by atoms with Gasteiger partial charge in [-0.3, -0.25) is 0 Å². The van der Waals surface area contributed by atoms with E-state index in [9.17, 15) is 0 Å². The first-order valence-corrected chi connectivity index (χ1v) is 9.63. The monoisotopic (exact) mass is 379 g/mol. The van der Waals surface area contributed by atoms with Gasteiger partial charge in [0.05, 0.1) is 85.4 Å². The first-order chi connectivity index (χ1) is 12.9. The maximum Gasteiger partial charge on any atom is 0.0704 e. The van der Waals surface area contributed by atoms with Gasteiger partial charge >= 0.3 is 0 Å². The summed E-state index contributed by atoms with van der Waals surface area (Å²) in [7, 11) is 1.65. The Morgan fingerprint density at radius 2 is 0.962 bits per heavy atom. The van der Waals surface area contributed by atoms with E-state index in [-0.39, 0.29) is 0 Å². The summed E-state index contributed by atoms with van der Waals surface area (Å²) in [6.45, 7) is 9.16. The summed E-state index contributed by atoms with van der Waals surface area (Å²) in [5, 5.41) is 3.32. The summed E-state index contributed by atoms with van der Waals surface area (Å²) in [6.07, 6.45) is 2.58. The molecule has 0 aromatic rings. The molecule has 8 heteroatoms. The Balaban J connectivity index is 1.65. The second kappa shape index (κ2) is 19.4. The lowest BCUT2D eigenvalue weighted by Gasteiger charge is -2.22. The van der Waals surface area contributed by atoms with E-state index in [1.807, 2.05) is 0 Å². The van der Waals surface area contributed by atoms with Gasteiger partial charge in [-0.05, 0) is 25.9 Å². The molecular weight excluding hydrogens is 342 g/mol. The van der Waals surface area contributed by atoms with Crippen LogP contribution < -0.4 is 5.32 Å². The van der Waals surface area contributed by atoms with E-state index in [0.29, 0.717) is 85.4 Å². The first-order valence-electron chi connectivity index (χ1n) is 9.63. The van der Waals surface area contributed by atoms with Gasteiger partial charge in [0.1, 0.15) is 0 Å². The number of hydrogen-bond acceptors (Lipinski definition) is 8. The predicted octanol–water partition coefficient (Wildman–Crippen LogP) is 0.484. The molecule has 8 nitrogen and oxygen atoms in total. The van der Waals surface area contributed by atoms with Crippen molar-refractivity contribution in [2.75, 3.05) is 99.5 Å². The van der Waals surface area contributed by atoms with Gasteiger partial charge in [0.25, 0.3) is 0 Å². The van der Waals surface area contributed by atoms with Gasteiger partial charge in [0, 0.05) is 7.11 Å². The summed E-state index contributed by atoms with van der Waals surface area (Å²) in [5.41, 5.74) is 0. The molecule has 0 bridgehead atoms. The largest absolute Gasteiger partial charge is 0.382 e. The molecule has 1 saturated heterocycles. The summed E-state index contributed by atoms with van der Waals surface area (Å²) in [4.78, 5) is 0. The molecule has 0 spiro atoms. The van der Waals surface area contributed by atoms with Crippen LogP contribution in [-0.2, 0) is 33.2 Å². The number of ether oxygens (including phenoxy) is 7. The quantitative estimate of drug-likeness (QED) is 0.325. The highest BCUT2D eigenvalue weighted by atomic mass is 16.6. The third-order valence-corrected chi connectivity index (χ3v) is 3.79. The first kappa shape index (κ1) is 23.7. The molecule has 0 saturated carbocycles. The topological polar surface area (TPSA) is 76.6 Å². The molecule has 156 valence electrons. The Bertz CT molecular complexity index is 278. The third-order valence-electron chi connectivity index (χ3n) is 3.79. The highest BCUT2D eigenvalue weighted by molar-refractivity contribution is 4.67. The Morgan fingerprint density at radius 1 is 0.577 bits per heavy atom. The molecule has 1 fully saturated rings. The van der Waals surface area contributed by atoms with Gasteiger partial charge in [0.15, 0.2) is 0 Å². The van der Waals surface area contributed by atoms with Gasteiger partial charge in [-0.25, -0.2) is 0 Å². The van der Waals surface area contributed by atoms with Crippen LogP contribution in [0.3, 0.4) is 0 Å². The van der Waals surface area contributed by atoms with Crippen LogP contribution in [0, 0.1) is 0 Å². The number of methoxy groups -OCH3 is 1. The minimum absolute atomic E-state index is 0.389. The molecule has 1 N–H and O–H groups in total. The molecule has 0 aromatic carbocycles. The van der Waals surface area contributed by atoms with Gasteiger partial charge in [0.2, 0.25) is 0 Å². The molecule has 0 aromatic heterocycles. The Hall–Kier alpha value is -0.320. The maximum absolute atomic E-state index is 5.76. The maximum atomic E-state index is 5.76. The molecule has 0 aliphatic carbocycles. The Morgan fingerprint density at radius 3 is 1.38 bits per heavy atom. The van der Waals surface area contributed by atoms with Crippen LogP contribution in [0.5, 0.6) is 0 Å². The smallest absolute Gasteiger partial charge is 0.0704 e. The van der Waals surface area contributed by atoms with Crippen LogP contribution in [0.4, 0.5) is 0 Å². The van der Waals surface area contributed by atoms with Crippen LogP contribution in [0.2, 0.25) is 0 Å². The molecule has 1 heterocycles. The van der Waals surface area contributed by atoms with Gasteiger partial charge in [-0.1, -0.05) is 0 Å². The van der Waals surface area contributed by atoms with Gasteiger partial charge in [-0.15, -0.1) is 0 Å². The van der Waals surface area contributed by atoms with Crippen molar-refractivity contribution in [2.45, 2.75) is 18.9 Å². The molecule has 1 aliphatic heterocycles. The molecule has 0 atom stereocenters. The standard InChI is InChI=1S/C18H37NO7/c1-20-6-7-21-8-9-22-10-11-23-12-13-24-14-15-25-16-17-26-18-2-4-19-5-3-18/h18-19H,2-17H2,1H3. The number of piperidine rings is 1. The average molecular weight is 379 g/mol. The van der Waals surface area contributed by atoms with Crippen molar-refractivity contribution < 1.29 is 33.2 Å². The number of hydrogen-bond donors (Lipinski definition) is 1. The van der Waals surface area contributed by atoms with Crippen molar-refractivity contribution >= 4 is 0 Å². The SMILES string of the molecule is COCCOCCOCCOCCOCCOCCOC1CCNCC1. The fraction of sp³-hybridized carbons (Fsp3) is 1.00. The minimum Gasteiger partial charge on any atom is -0.382 e. The average Bonchev–Trinajstić information content (AvgIpc) is 2.68. The lowest BCUT2D eigenvalue weighted by Crippen LogP contribution is -2.33. The van der Waals surface area contributed by atoms with Crippen LogP contribution in [0.15, 0.2) is 0 Å². The number of nitrogens with one attached hydrogen (secondary N) is 1. The Labute approximate surface area is 157 Å². The van der Waals surface area contributed by atoms with Gasteiger partial charge < -0.3 is 38.5 Å². The fourth-order valence-electron chi connectivity index (χ4n) is 2.36. The van der Waals surface area contributed by atoms with Crippen molar-refractivity contribution in [1.82, 2.24) is 5.32 Å². The van der Waals surface area contributed by atoms with Crippen LogP contribution in [0.1, 0.15) is 12.8 Å². The van der Waals surface area contributed by atoms with Crippen LogP contribution in [-0.4, -0.2) is 106 Å². The van der Waals surface area contributed by atoms with Crippen LogP contribution >= 0.6 is 0 Å². The zero-order valence-corrected chi connectivity index (χ0v) is 16.2. The molecule has 0 radical (unpaired) electrons. The van der Waals surface area contributed by atoms with E-state index in [4.69, 9.17) is 33.2 Å². The van der Waals surface area contributed by atoms with Gasteiger partial charge in [-0.2, -0.15) is 0 Å². The second-order valence-corrected chi connectivity index (χ2v) is 5.87. The highest BCUT2D eigenvalue weighted by Gasteiger charge is 2.12. The van der Waals surface area contributed by atoms with E-state index in [2.05, 4.69) is 5.32 Å². The van der Waals surface area contributed by atoms with Crippen molar-refractivity contribution in [3.8, 4) is 0 Å². The molecule has 1 rings (SSSR count). The van der Waals surface area contributed by atoms with E-state index in [1.165, 1.54) is 0 Å². The van der Waals surface area contributed by atoms with Crippen LogP contribution in [0.25, 0.3) is 0 Å². The summed E-state index contributed by atoms with van der Waals surface area (Å²) >= 11 is 0. The summed E-state index contributed by atoms with van der Waals surface area (Å²) in [6, 6.07) is 0. The normalized spacial score (nSPS) is 15.6. The summed E-state index contributed by atoms with van der Waals surface area (Å²) in [5.74, 6) is 0. The second-order valence-electron chi connectivity index (χ2n) is 5.87. The Kier molecular flexibility index (Phi) is 17.7. The van der Waals surface area contributed by atoms with E-state index >= 15 is 0 Å². The van der Waals surface area contributed by atoms with E-state index < -0.39 is 0 Å². The molecule has 0 amide bonds. The van der Waals surface area contributed by atoms with Crippen molar-refractivity contribution in [1.29, 1.82) is 0 Å². The third kappa shape index (κ3) is 15.9. The lowest BCUT2D eigenvalue weighted by atomic mass is 10.1. The molecule has 26 heavy (non-hydrogen) atoms. The highest BCUT2D eigenvalue weighted by Crippen LogP contribution is 2.06. The lowest BCUT2D eigenvalue weighted by molar-refractivity contribution is -0.0302. The summed E-state index contributed by atoms with van der Waals surface area (Å²) < 4.78 is 37.6. The molecule has 1 aliphatic rings. The van der Waals surface area contributed by atoms with E-state index in [0.717, 1.165) is 25.9 Å². The fourth-order valence-corrected chi connectivity index (χ4v) is 2.36. The van der Waals surface area contributed by atoms with Crippen molar-refractivity contribution in [2.24, 2.45) is 0 Å². The molecular formula is C18H37NO7. The van der Waals surface area contributed by atoms with E-state index in [1.54, 1.807) is 7.11 Å². The molecule has 0 unspecified atom stereocenters. The van der Waals surface area contributed by atoms with Crippen molar-refractivity contribution in [3.05, 3.63) is 0 Å². The zero-order chi connectivity index (χ0) is 18.5. The predicted molar refractivity (Wildman–Crippen MR) is 97.8 cm³/mol.